The highest BCUT2D eigenvalue weighted by molar-refractivity contribution is 5.91. The van der Waals surface area contributed by atoms with E-state index in [2.05, 4.69) is 66.6 Å². The van der Waals surface area contributed by atoms with Gasteiger partial charge in [0.15, 0.2) is 5.82 Å². The first kappa shape index (κ1) is 24.8. The van der Waals surface area contributed by atoms with Crippen LogP contribution < -0.4 is 10.2 Å². The van der Waals surface area contributed by atoms with Crippen LogP contribution in [0.15, 0.2) is 48.8 Å². The van der Waals surface area contributed by atoms with Crippen LogP contribution in [-0.2, 0) is 24.8 Å². The SMILES string of the molecule is Cc1cc(NC(=O)CN2CCN(Cc3ccccc3)C[C@@H](Cc3cc(N(C)C)ncn3)C2)nn1C. The summed E-state index contributed by atoms with van der Waals surface area (Å²) in [5, 5.41) is 7.31. The molecule has 3 aromatic rings. The van der Waals surface area contributed by atoms with Crippen LogP contribution in [0.25, 0.3) is 0 Å². The lowest BCUT2D eigenvalue weighted by molar-refractivity contribution is -0.117. The van der Waals surface area contributed by atoms with Crippen molar-refractivity contribution in [2.45, 2.75) is 19.9 Å². The van der Waals surface area contributed by atoms with Crippen LogP contribution in [0.3, 0.4) is 0 Å². The van der Waals surface area contributed by atoms with Crippen molar-refractivity contribution in [1.29, 1.82) is 0 Å². The zero-order chi connectivity index (χ0) is 24.8. The molecule has 1 atom stereocenters. The van der Waals surface area contributed by atoms with Gasteiger partial charge in [-0.3, -0.25) is 19.3 Å². The van der Waals surface area contributed by atoms with Gasteiger partial charge < -0.3 is 10.2 Å². The maximum atomic E-state index is 12.8. The fraction of sp³-hybridized carbons (Fsp3) is 0.462. The summed E-state index contributed by atoms with van der Waals surface area (Å²) in [7, 11) is 5.85. The molecule has 1 saturated heterocycles. The number of nitrogens with one attached hydrogen (secondary N) is 1. The second-order valence-electron chi connectivity index (χ2n) is 9.63. The number of nitrogens with zero attached hydrogens (tertiary/aromatic N) is 7. The highest BCUT2D eigenvalue weighted by Crippen LogP contribution is 2.18. The monoisotopic (exact) mass is 476 g/mol. The maximum Gasteiger partial charge on any atom is 0.239 e. The van der Waals surface area contributed by atoms with E-state index in [0.717, 1.165) is 56.4 Å². The van der Waals surface area contributed by atoms with Gasteiger partial charge >= 0.3 is 0 Å². The molecule has 4 rings (SSSR count). The van der Waals surface area contributed by atoms with E-state index < -0.39 is 0 Å². The summed E-state index contributed by atoms with van der Waals surface area (Å²) in [4.78, 5) is 28.5. The minimum atomic E-state index is -0.0321. The molecular formula is C26H36N8O. The van der Waals surface area contributed by atoms with Gasteiger partial charge in [0.2, 0.25) is 5.91 Å². The number of amides is 1. The Balaban J connectivity index is 1.45. The predicted molar refractivity (Wildman–Crippen MR) is 138 cm³/mol. The normalized spacial score (nSPS) is 17.2. The number of aromatic nitrogens is 4. The summed E-state index contributed by atoms with van der Waals surface area (Å²) < 4.78 is 1.77. The van der Waals surface area contributed by atoms with E-state index in [1.54, 1.807) is 11.0 Å². The fourth-order valence-corrected chi connectivity index (χ4v) is 4.56. The number of hydrogen-bond donors (Lipinski definition) is 1. The van der Waals surface area contributed by atoms with E-state index in [1.807, 2.05) is 39.0 Å². The molecule has 35 heavy (non-hydrogen) atoms. The third kappa shape index (κ3) is 7.10. The lowest BCUT2D eigenvalue weighted by atomic mass is 10.0. The third-order valence-electron chi connectivity index (χ3n) is 6.43. The van der Waals surface area contributed by atoms with Crippen molar-refractivity contribution in [2.24, 2.45) is 13.0 Å². The first-order valence-corrected chi connectivity index (χ1v) is 12.1. The molecule has 0 radical (unpaired) electrons. The Kier molecular flexibility index (Phi) is 8.09. The van der Waals surface area contributed by atoms with Crippen molar-refractivity contribution in [2.75, 3.05) is 57.0 Å². The van der Waals surface area contributed by atoms with Gasteiger partial charge in [-0.15, -0.1) is 0 Å². The van der Waals surface area contributed by atoms with Gasteiger partial charge in [-0.1, -0.05) is 30.3 Å². The molecule has 1 N–H and O–H groups in total. The molecule has 1 aliphatic rings. The quantitative estimate of drug-likeness (QED) is 0.534. The first-order valence-electron chi connectivity index (χ1n) is 12.1. The highest BCUT2D eigenvalue weighted by atomic mass is 16.2. The second kappa shape index (κ2) is 11.4. The van der Waals surface area contributed by atoms with Gasteiger partial charge in [-0.2, -0.15) is 5.10 Å². The Morgan fingerprint density at radius 1 is 1.09 bits per heavy atom. The van der Waals surface area contributed by atoms with Crippen molar-refractivity contribution in [3.8, 4) is 0 Å². The van der Waals surface area contributed by atoms with E-state index in [0.29, 0.717) is 18.3 Å². The molecule has 1 amide bonds. The average Bonchev–Trinajstić information content (AvgIpc) is 3.02. The number of aryl methyl sites for hydroxylation is 2. The van der Waals surface area contributed by atoms with E-state index >= 15 is 0 Å². The number of rotatable bonds is 8. The summed E-state index contributed by atoms with van der Waals surface area (Å²) >= 11 is 0. The Hall–Kier alpha value is -3.30. The Labute approximate surface area is 207 Å². The number of carbonyl (C=O) groups is 1. The lowest BCUT2D eigenvalue weighted by Crippen LogP contribution is -2.37. The molecule has 1 fully saturated rings. The van der Waals surface area contributed by atoms with Gasteiger partial charge in [0.05, 0.1) is 6.54 Å². The Morgan fingerprint density at radius 2 is 1.83 bits per heavy atom. The van der Waals surface area contributed by atoms with E-state index in [4.69, 9.17) is 0 Å². The molecule has 0 spiro atoms. The molecule has 0 saturated carbocycles. The van der Waals surface area contributed by atoms with Gasteiger partial charge in [0.25, 0.3) is 0 Å². The van der Waals surface area contributed by atoms with Gasteiger partial charge in [0.1, 0.15) is 12.1 Å². The molecule has 2 aromatic heterocycles. The van der Waals surface area contributed by atoms with E-state index in [9.17, 15) is 4.79 Å². The molecule has 1 aliphatic heterocycles. The lowest BCUT2D eigenvalue weighted by Gasteiger charge is -2.24. The molecule has 0 bridgehead atoms. The van der Waals surface area contributed by atoms with Gasteiger partial charge in [-0.05, 0) is 24.8 Å². The number of hydrogen-bond acceptors (Lipinski definition) is 7. The average molecular weight is 477 g/mol. The van der Waals surface area contributed by atoms with Crippen LogP contribution in [0.1, 0.15) is 17.0 Å². The topological polar surface area (TPSA) is 82.4 Å². The van der Waals surface area contributed by atoms with Crippen molar-refractivity contribution >= 4 is 17.5 Å². The summed E-state index contributed by atoms with van der Waals surface area (Å²) in [6, 6.07) is 14.5. The van der Waals surface area contributed by atoms with Crippen molar-refractivity contribution in [3.63, 3.8) is 0 Å². The standard InChI is InChI=1S/C26H36N8O/c1-20-12-24(30-32(20)4)29-26(35)18-34-11-10-33(15-21-8-6-5-7-9-21)16-22(17-34)13-23-14-25(31(2)3)28-19-27-23/h5-9,12,14,19,22H,10-11,13,15-18H2,1-4H3,(H,29,30,35)/t22-/m1/s1. The Morgan fingerprint density at radius 3 is 2.54 bits per heavy atom. The number of benzene rings is 1. The highest BCUT2D eigenvalue weighted by Gasteiger charge is 2.25. The third-order valence-corrected chi connectivity index (χ3v) is 6.43. The van der Waals surface area contributed by atoms with Gasteiger partial charge in [0, 0.05) is 77.4 Å². The van der Waals surface area contributed by atoms with Crippen molar-refractivity contribution < 1.29 is 4.79 Å². The van der Waals surface area contributed by atoms with E-state index in [-0.39, 0.29) is 5.91 Å². The minimum Gasteiger partial charge on any atom is -0.363 e. The van der Waals surface area contributed by atoms with Crippen molar-refractivity contribution in [3.05, 3.63) is 65.7 Å². The largest absolute Gasteiger partial charge is 0.363 e. The molecule has 186 valence electrons. The number of carbonyl (C=O) groups excluding carboxylic acids is 1. The molecular weight excluding hydrogens is 440 g/mol. The molecule has 3 heterocycles. The fourth-order valence-electron chi connectivity index (χ4n) is 4.56. The molecule has 9 nitrogen and oxygen atoms in total. The molecule has 9 heteroatoms. The number of anilines is 2. The van der Waals surface area contributed by atoms with Crippen LogP contribution in [0.5, 0.6) is 0 Å². The van der Waals surface area contributed by atoms with E-state index in [1.165, 1.54) is 5.56 Å². The maximum absolute atomic E-state index is 12.8. The van der Waals surface area contributed by atoms with Crippen LogP contribution in [0.4, 0.5) is 11.6 Å². The second-order valence-corrected chi connectivity index (χ2v) is 9.63. The summed E-state index contributed by atoms with van der Waals surface area (Å²) in [6.45, 7) is 6.75. The zero-order valence-corrected chi connectivity index (χ0v) is 21.2. The van der Waals surface area contributed by atoms with Crippen LogP contribution >= 0.6 is 0 Å². The molecule has 0 aliphatic carbocycles. The van der Waals surface area contributed by atoms with Gasteiger partial charge in [-0.25, -0.2) is 9.97 Å². The smallest absolute Gasteiger partial charge is 0.239 e. The summed E-state index contributed by atoms with van der Waals surface area (Å²) in [5.74, 6) is 1.82. The minimum absolute atomic E-state index is 0.0321. The summed E-state index contributed by atoms with van der Waals surface area (Å²) in [5.41, 5.74) is 3.34. The van der Waals surface area contributed by atoms with Crippen molar-refractivity contribution in [1.82, 2.24) is 29.5 Å². The molecule has 0 unspecified atom stereocenters. The zero-order valence-electron chi connectivity index (χ0n) is 21.2. The summed E-state index contributed by atoms with van der Waals surface area (Å²) in [6.07, 6.45) is 2.48. The first-order chi connectivity index (χ1) is 16.9. The van der Waals surface area contributed by atoms with Crippen LogP contribution in [0.2, 0.25) is 0 Å². The molecule has 1 aromatic carbocycles. The van der Waals surface area contributed by atoms with Crippen LogP contribution in [0, 0.1) is 12.8 Å². The predicted octanol–water partition coefficient (Wildman–Crippen LogP) is 2.20. The Bertz CT molecular complexity index is 1090. The van der Waals surface area contributed by atoms with Crippen LogP contribution in [-0.4, -0.2) is 82.3 Å².